The zero-order chi connectivity index (χ0) is 24.7. The minimum atomic E-state index is -1.92. The molecule has 0 amide bonds. The average molecular weight is 487 g/mol. The number of fused-ring (bicyclic) bond motifs is 2. The molecule has 1 aliphatic carbocycles. The van der Waals surface area contributed by atoms with Gasteiger partial charge in [0.2, 0.25) is 11.2 Å². The van der Waals surface area contributed by atoms with E-state index < -0.39 is 5.91 Å². The molecular weight excluding hydrogens is 456 g/mol. The maximum absolute atomic E-state index is 12.6. The molecule has 0 unspecified atom stereocenters. The molecule has 2 N–H and O–H groups in total. The van der Waals surface area contributed by atoms with Gasteiger partial charge >= 0.3 is 0 Å². The SMILES string of the molecule is O=c1cc(Cn2cc3ccccc3c2)occ1OCC1CCC(N2Cc3ccccc3C2(O)O)CC1. The molecule has 0 atom stereocenters. The highest BCUT2D eigenvalue weighted by Crippen LogP contribution is 2.40. The zero-order valence-corrected chi connectivity index (χ0v) is 20.0. The third kappa shape index (κ3) is 4.34. The molecule has 186 valence electrons. The Morgan fingerprint density at radius 1 is 0.972 bits per heavy atom. The Morgan fingerprint density at radius 3 is 2.36 bits per heavy atom. The Balaban J connectivity index is 1.03. The van der Waals surface area contributed by atoms with Gasteiger partial charge in [-0.15, -0.1) is 0 Å². The number of benzene rings is 2. The minimum Gasteiger partial charge on any atom is -0.486 e. The molecule has 0 radical (unpaired) electrons. The molecule has 2 aromatic carbocycles. The molecule has 7 heteroatoms. The van der Waals surface area contributed by atoms with Gasteiger partial charge < -0.3 is 23.9 Å². The predicted molar refractivity (Wildman–Crippen MR) is 135 cm³/mol. The molecule has 2 aliphatic rings. The van der Waals surface area contributed by atoms with Gasteiger partial charge in [0.1, 0.15) is 12.0 Å². The zero-order valence-electron chi connectivity index (χ0n) is 20.0. The molecule has 0 spiro atoms. The number of ether oxygens (including phenoxy) is 1. The second kappa shape index (κ2) is 9.24. The van der Waals surface area contributed by atoms with Crippen molar-refractivity contribution in [2.24, 2.45) is 5.92 Å². The molecule has 0 saturated heterocycles. The summed E-state index contributed by atoms with van der Waals surface area (Å²) in [6.45, 7) is 1.47. The fourth-order valence-corrected chi connectivity index (χ4v) is 5.69. The van der Waals surface area contributed by atoms with Gasteiger partial charge in [0.25, 0.3) is 5.91 Å². The fourth-order valence-electron chi connectivity index (χ4n) is 5.69. The monoisotopic (exact) mass is 486 g/mol. The van der Waals surface area contributed by atoms with Gasteiger partial charge in [0.05, 0.1) is 13.2 Å². The number of aromatic nitrogens is 1. The number of hydrogen-bond acceptors (Lipinski definition) is 6. The Kier molecular flexibility index (Phi) is 5.91. The van der Waals surface area contributed by atoms with Gasteiger partial charge in [-0.2, -0.15) is 0 Å². The van der Waals surface area contributed by atoms with Crippen LogP contribution in [0.5, 0.6) is 5.75 Å². The van der Waals surface area contributed by atoms with Crippen LogP contribution in [0.25, 0.3) is 10.8 Å². The molecule has 1 saturated carbocycles. The summed E-state index contributed by atoms with van der Waals surface area (Å²) in [6, 6.07) is 17.2. The first-order chi connectivity index (χ1) is 17.5. The Morgan fingerprint density at radius 2 is 1.67 bits per heavy atom. The lowest BCUT2D eigenvalue weighted by atomic mass is 9.85. The maximum atomic E-state index is 12.6. The van der Waals surface area contributed by atoms with E-state index in [0.29, 0.717) is 36.9 Å². The lowest BCUT2D eigenvalue weighted by Crippen LogP contribution is -2.48. The van der Waals surface area contributed by atoms with Crippen molar-refractivity contribution in [3.8, 4) is 5.75 Å². The van der Waals surface area contributed by atoms with Crippen LogP contribution in [-0.4, -0.2) is 32.3 Å². The summed E-state index contributed by atoms with van der Waals surface area (Å²) in [6.07, 6.45) is 8.99. The average Bonchev–Trinajstić information content (AvgIpc) is 3.41. The molecule has 6 rings (SSSR count). The van der Waals surface area contributed by atoms with Gasteiger partial charge in [-0.3, -0.25) is 4.79 Å². The highest BCUT2D eigenvalue weighted by Gasteiger charge is 2.46. The fraction of sp³-hybridized carbons (Fsp3) is 0.345. The van der Waals surface area contributed by atoms with E-state index in [9.17, 15) is 15.0 Å². The van der Waals surface area contributed by atoms with Crippen LogP contribution in [0.2, 0.25) is 0 Å². The summed E-state index contributed by atoms with van der Waals surface area (Å²) in [5.41, 5.74) is 1.37. The second-order valence-electron chi connectivity index (χ2n) is 10.0. The molecule has 4 aromatic rings. The first kappa shape index (κ1) is 23.0. The summed E-state index contributed by atoms with van der Waals surface area (Å²) >= 11 is 0. The van der Waals surface area contributed by atoms with E-state index in [1.54, 1.807) is 11.0 Å². The number of nitrogens with zero attached hydrogens (tertiary/aromatic N) is 2. The van der Waals surface area contributed by atoms with Crippen molar-refractivity contribution < 1.29 is 19.4 Å². The first-order valence-electron chi connectivity index (χ1n) is 12.6. The Hall–Kier alpha value is -3.39. The summed E-state index contributed by atoms with van der Waals surface area (Å²) in [4.78, 5) is 14.4. The van der Waals surface area contributed by atoms with Crippen LogP contribution in [0.3, 0.4) is 0 Å². The Labute approximate surface area is 209 Å². The maximum Gasteiger partial charge on any atom is 0.254 e. The standard InChI is InChI=1S/C29H30N2O5/c32-27-13-25(17-30-14-21-5-1-2-6-22(21)15-30)35-19-28(27)36-18-20-9-11-24(12-10-20)31-16-23-7-3-4-8-26(23)29(31,33)34/h1-8,13-15,19-20,24,33-34H,9-12,16-18H2. The van der Waals surface area contributed by atoms with Crippen LogP contribution in [0.4, 0.5) is 0 Å². The normalized spacial score (nSPS) is 21.5. The molecule has 7 nitrogen and oxygen atoms in total. The van der Waals surface area contributed by atoms with Gasteiger partial charge in [-0.1, -0.05) is 48.5 Å². The van der Waals surface area contributed by atoms with E-state index in [2.05, 4.69) is 12.1 Å². The summed E-state index contributed by atoms with van der Waals surface area (Å²) in [5, 5.41) is 23.8. The van der Waals surface area contributed by atoms with E-state index in [0.717, 1.165) is 42.0 Å². The molecule has 3 heterocycles. The van der Waals surface area contributed by atoms with E-state index in [-0.39, 0.29) is 17.2 Å². The van der Waals surface area contributed by atoms with Gasteiger partial charge in [0, 0.05) is 36.6 Å². The lowest BCUT2D eigenvalue weighted by Gasteiger charge is -2.39. The third-order valence-corrected chi connectivity index (χ3v) is 7.65. The van der Waals surface area contributed by atoms with Crippen molar-refractivity contribution >= 4 is 10.8 Å². The number of hydrogen-bond donors (Lipinski definition) is 2. The summed E-state index contributed by atoms with van der Waals surface area (Å²) in [7, 11) is 0. The van der Waals surface area contributed by atoms with Gasteiger partial charge in [0.15, 0.2) is 0 Å². The minimum absolute atomic E-state index is 0.0957. The quantitative estimate of drug-likeness (QED) is 0.398. The van der Waals surface area contributed by atoms with E-state index in [1.807, 2.05) is 47.3 Å². The largest absolute Gasteiger partial charge is 0.486 e. The smallest absolute Gasteiger partial charge is 0.254 e. The van der Waals surface area contributed by atoms with Gasteiger partial charge in [-0.25, -0.2) is 4.90 Å². The number of rotatable bonds is 6. The topological polar surface area (TPSA) is 88.1 Å². The van der Waals surface area contributed by atoms with E-state index in [4.69, 9.17) is 9.15 Å². The van der Waals surface area contributed by atoms with Crippen LogP contribution in [0, 0.1) is 5.92 Å². The summed E-state index contributed by atoms with van der Waals surface area (Å²) in [5.74, 6) is -0.794. The van der Waals surface area contributed by atoms with Crippen molar-refractivity contribution in [2.45, 2.75) is 50.7 Å². The van der Waals surface area contributed by atoms with Crippen LogP contribution in [0.15, 0.2) is 82.5 Å². The third-order valence-electron chi connectivity index (χ3n) is 7.65. The molecule has 1 aliphatic heterocycles. The lowest BCUT2D eigenvalue weighted by molar-refractivity contribution is -0.282. The molecule has 1 fully saturated rings. The van der Waals surface area contributed by atoms with Crippen LogP contribution in [0.1, 0.15) is 42.6 Å². The van der Waals surface area contributed by atoms with Crippen LogP contribution >= 0.6 is 0 Å². The molecular formula is C29H30N2O5. The van der Waals surface area contributed by atoms with Crippen molar-refractivity contribution in [1.29, 1.82) is 0 Å². The first-order valence-corrected chi connectivity index (χ1v) is 12.6. The molecule has 2 aromatic heterocycles. The van der Waals surface area contributed by atoms with E-state index >= 15 is 0 Å². The highest BCUT2D eigenvalue weighted by atomic mass is 16.5. The van der Waals surface area contributed by atoms with E-state index in [1.165, 1.54) is 12.3 Å². The molecule has 0 bridgehead atoms. The van der Waals surface area contributed by atoms with Crippen molar-refractivity contribution in [3.05, 3.63) is 100 Å². The second-order valence-corrected chi connectivity index (χ2v) is 10.0. The van der Waals surface area contributed by atoms with Crippen molar-refractivity contribution in [1.82, 2.24) is 9.47 Å². The Bertz CT molecular complexity index is 1400. The van der Waals surface area contributed by atoms with Crippen molar-refractivity contribution in [2.75, 3.05) is 6.61 Å². The number of aliphatic hydroxyl groups is 2. The van der Waals surface area contributed by atoms with Crippen molar-refractivity contribution in [3.63, 3.8) is 0 Å². The molecule has 36 heavy (non-hydrogen) atoms. The predicted octanol–water partition coefficient (Wildman–Crippen LogP) is 4.19. The summed E-state index contributed by atoms with van der Waals surface area (Å²) < 4.78 is 13.6. The van der Waals surface area contributed by atoms with Crippen LogP contribution in [-0.2, 0) is 19.0 Å². The highest BCUT2D eigenvalue weighted by molar-refractivity contribution is 5.82. The van der Waals surface area contributed by atoms with Crippen LogP contribution < -0.4 is 10.2 Å². The van der Waals surface area contributed by atoms with Gasteiger partial charge in [-0.05, 0) is 47.9 Å².